The van der Waals surface area contributed by atoms with E-state index in [9.17, 15) is 9.36 Å². The average molecular weight is 329 g/mol. The van der Waals surface area contributed by atoms with Crippen LogP contribution in [0.4, 0.5) is 0 Å². The zero-order valence-electron chi connectivity index (χ0n) is 14.1. The third-order valence-electron chi connectivity index (χ3n) is 3.80. The van der Waals surface area contributed by atoms with Crippen molar-refractivity contribution in [1.29, 1.82) is 0 Å². The van der Waals surface area contributed by atoms with E-state index in [4.69, 9.17) is 0 Å². The van der Waals surface area contributed by atoms with Gasteiger partial charge in [0.15, 0.2) is 7.14 Å². The van der Waals surface area contributed by atoms with Crippen LogP contribution < -0.4 is 15.9 Å². The second-order valence-corrected chi connectivity index (χ2v) is 9.66. The van der Waals surface area contributed by atoms with Crippen LogP contribution in [0.5, 0.6) is 0 Å². The van der Waals surface area contributed by atoms with Crippen LogP contribution in [-0.4, -0.2) is 11.7 Å². The van der Waals surface area contributed by atoms with Crippen molar-refractivity contribution in [1.82, 2.24) is 5.32 Å². The normalized spacial score (nSPS) is 13.4. The molecule has 2 aromatic carbocycles. The first-order chi connectivity index (χ1) is 10.8. The van der Waals surface area contributed by atoms with Crippen molar-refractivity contribution >= 4 is 23.7 Å². The van der Waals surface area contributed by atoms with Crippen molar-refractivity contribution in [3.63, 3.8) is 0 Å². The lowest BCUT2D eigenvalue weighted by Crippen LogP contribution is -2.46. The van der Waals surface area contributed by atoms with Gasteiger partial charge in [0.05, 0.1) is 5.78 Å². The van der Waals surface area contributed by atoms with E-state index < -0.39 is 12.9 Å². The minimum atomic E-state index is -3.04. The summed E-state index contributed by atoms with van der Waals surface area (Å²) in [7, 11) is -3.04. The number of benzene rings is 2. The third kappa shape index (κ3) is 3.73. The number of carbonyl (C=O) groups excluding carboxylic acids is 1. The van der Waals surface area contributed by atoms with Crippen LogP contribution in [0.1, 0.15) is 27.7 Å². The van der Waals surface area contributed by atoms with Crippen molar-refractivity contribution in [2.24, 2.45) is 5.41 Å². The van der Waals surface area contributed by atoms with E-state index >= 15 is 0 Å². The Morgan fingerprint density at radius 2 is 1.30 bits per heavy atom. The van der Waals surface area contributed by atoms with E-state index in [2.05, 4.69) is 5.32 Å². The van der Waals surface area contributed by atoms with Gasteiger partial charge in [-0.15, -0.1) is 0 Å². The van der Waals surface area contributed by atoms with Crippen molar-refractivity contribution < 1.29 is 9.36 Å². The SMILES string of the molecule is CC(=O)NC(C(C)(C)C)P(=O)(c1ccccc1)c1ccccc1. The lowest BCUT2D eigenvalue weighted by atomic mass is 9.96. The molecule has 1 N–H and O–H groups in total. The smallest absolute Gasteiger partial charge is 0.217 e. The maximum Gasteiger partial charge on any atom is 0.217 e. The molecule has 0 saturated heterocycles. The van der Waals surface area contributed by atoms with Gasteiger partial charge in [0.2, 0.25) is 5.91 Å². The predicted octanol–water partition coefficient (Wildman–Crippen LogP) is 3.51. The molecule has 0 spiro atoms. The van der Waals surface area contributed by atoms with Crippen LogP contribution in [-0.2, 0) is 9.36 Å². The van der Waals surface area contributed by atoms with Crippen LogP contribution in [0.25, 0.3) is 0 Å². The van der Waals surface area contributed by atoms with E-state index in [0.29, 0.717) is 0 Å². The Morgan fingerprint density at radius 3 is 1.61 bits per heavy atom. The molecule has 0 aliphatic rings. The van der Waals surface area contributed by atoms with Crippen molar-refractivity contribution in [3.8, 4) is 0 Å². The molecule has 4 heteroatoms. The zero-order chi connectivity index (χ0) is 17.1. The molecule has 0 bridgehead atoms. The number of amides is 1. The molecular formula is C19H24NO2P. The average Bonchev–Trinajstić information content (AvgIpc) is 2.52. The molecule has 1 atom stereocenters. The molecule has 2 aromatic rings. The van der Waals surface area contributed by atoms with Gasteiger partial charge in [-0.25, -0.2) is 0 Å². The molecule has 2 rings (SSSR count). The summed E-state index contributed by atoms with van der Waals surface area (Å²) in [6.07, 6.45) is 0. The monoisotopic (exact) mass is 329 g/mol. The highest BCUT2D eigenvalue weighted by atomic mass is 31.2. The summed E-state index contributed by atoms with van der Waals surface area (Å²) >= 11 is 0. The molecule has 1 amide bonds. The molecule has 0 aromatic heterocycles. The van der Waals surface area contributed by atoms with Gasteiger partial charge < -0.3 is 9.88 Å². The highest BCUT2D eigenvalue weighted by Crippen LogP contribution is 2.53. The van der Waals surface area contributed by atoms with E-state index in [-0.39, 0.29) is 11.3 Å². The second kappa shape index (κ2) is 6.72. The van der Waals surface area contributed by atoms with Crippen LogP contribution in [0.2, 0.25) is 0 Å². The first-order valence-electron chi connectivity index (χ1n) is 7.74. The van der Waals surface area contributed by atoms with Crippen LogP contribution in [0.3, 0.4) is 0 Å². The van der Waals surface area contributed by atoms with E-state index in [1.165, 1.54) is 6.92 Å². The molecule has 0 radical (unpaired) electrons. The van der Waals surface area contributed by atoms with Crippen LogP contribution in [0.15, 0.2) is 60.7 Å². The molecule has 0 aliphatic heterocycles. The topological polar surface area (TPSA) is 46.2 Å². The van der Waals surface area contributed by atoms with E-state index in [1.54, 1.807) is 0 Å². The van der Waals surface area contributed by atoms with Crippen LogP contribution in [0, 0.1) is 5.41 Å². The lowest BCUT2D eigenvalue weighted by Gasteiger charge is -2.38. The molecule has 1 unspecified atom stereocenters. The fourth-order valence-corrected chi connectivity index (χ4v) is 6.37. The Labute approximate surface area is 138 Å². The number of rotatable bonds is 4. The Hall–Kier alpha value is -1.86. The van der Waals surface area contributed by atoms with Gasteiger partial charge >= 0.3 is 0 Å². The first-order valence-corrected chi connectivity index (χ1v) is 9.52. The predicted molar refractivity (Wildman–Crippen MR) is 96.8 cm³/mol. The Kier molecular flexibility index (Phi) is 5.11. The molecular weight excluding hydrogens is 305 g/mol. The van der Waals surface area contributed by atoms with Gasteiger partial charge in [-0.05, 0) is 5.41 Å². The third-order valence-corrected chi connectivity index (χ3v) is 7.56. The molecule has 3 nitrogen and oxygen atoms in total. The summed E-state index contributed by atoms with van der Waals surface area (Å²) in [5.41, 5.74) is -0.354. The maximum atomic E-state index is 14.3. The summed E-state index contributed by atoms with van der Waals surface area (Å²) < 4.78 is 14.3. The molecule has 122 valence electrons. The van der Waals surface area contributed by atoms with Gasteiger partial charge in [0.25, 0.3) is 0 Å². The van der Waals surface area contributed by atoms with E-state index in [0.717, 1.165) is 10.6 Å². The Balaban J connectivity index is 2.71. The molecule has 0 fully saturated rings. The maximum absolute atomic E-state index is 14.3. The fourth-order valence-electron chi connectivity index (χ4n) is 2.79. The second-order valence-electron chi connectivity index (χ2n) is 6.80. The Morgan fingerprint density at radius 1 is 0.913 bits per heavy atom. The summed E-state index contributed by atoms with van der Waals surface area (Å²) in [6.45, 7) is 7.49. The number of hydrogen-bond donors (Lipinski definition) is 1. The molecule has 23 heavy (non-hydrogen) atoms. The molecule has 0 heterocycles. The highest BCUT2D eigenvalue weighted by Gasteiger charge is 2.43. The molecule has 0 saturated carbocycles. The van der Waals surface area contributed by atoms with E-state index in [1.807, 2.05) is 81.4 Å². The van der Waals surface area contributed by atoms with Gasteiger partial charge in [0, 0.05) is 17.5 Å². The van der Waals surface area contributed by atoms with Crippen molar-refractivity contribution in [2.75, 3.05) is 0 Å². The zero-order valence-corrected chi connectivity index (χ0v) is 15.0. The number of carbonyl (C=O) groups is 1. The van der Waals surface area contributed by atoms with Crippen LogP contribution >= 0.6 is 7.14 Å². The Bertz CT molecular complexity index is 662. The van der Waals surface area contributed by atoms with Crippen molar-refractivity contribution in [2.45, 2.75) is 33.5 Å². The number of nitrogens with one attached hydrogen (secondary N) is 1. The summed E-state index contributed by atoms with van der Waals surface area (Å²) in [4.78, 5) is 11.8. The lowest BCUT2D eigenvalue weighted by molar-refractivity contribution is -0.119. The van der Waals surface area contributed by atoms with Gasteiger partial charge in [0.1, 0.15) is 0 Å². The van der Waals surface area contributed by atoms with Gasteiger partial charge in [-0.2, -0.15) is 0 Å². The quantitative estimate of drug-likeness (QED) is 0.873. The fraction of sp³-hybridized carbons (Fsp3) is 0.316. The summed E-state index contributed by atoms with van der Waals surface area (Å²) in [5, 5.41) is 4.48. The van der Waals surface area contributed by atoms with Crippen molar-refractivity contribution in [3.05, 3.63) is 60.7 Å². The summed E-state index contributed by atoms with van der Waals surface area (Å²) in [5.74, 6) is -0.644. The van der Waals surface area contributed by atoms with Gasteiger partial charge in [-0.3, -0.25) is 4.79 Å². The minimum Gasteiger partial charge on any atom is -0.345 e. The first kappa shape index (κ1) is 17.5. The van der Waals surface area contributed by atoms with Gasteiger partial charge in [-0.1, -0.05) is 81.4 Å². The highest BCUT2D eigenvalue weighted by molar-refractivity contribution is 7.79. The molecule has 0 aliphatic carbocycles. The standard InChI is InChI=1S/C19H24NO2P/c1-15(21)20-18(19(2,3)4)23(22,16-11-7-5-8-12-16)17-13-9-6-10-14-17/h5-14,18H,1-4H3,(H,20,21). The largest absolute Gasteiger partial charge is 0.345 e. The summed E-state index contributed by atoms with van der Waals surface area (Å²) in [6, 6.07) is 18.9. The number of hydrogen-bond acceptors (Lipinski definition) is 2. The minimum absolute atomic E-state index is 0.169.